The number of methoxy groups -OCH3 is 1. The third kappa shape index (κ3) is 4.98. The number of aryl methyl sites for hydroxylation is 1. The molecule has 2 rings (SSSR count). The molecular formula is C17H18N2O4S. The van der Waals surface area contributed by atoms with E-state index in [0.29, 0.717) is 11.5 Å². The number of hydrogen-bond donors (Lipinski definition) is 1. The maximum Gasteiger partial charge on any atom is 0.241 e. The smallest absolute Gasteiger partial charge is 0.241 e. The minimum absolute atomic E-state index is 0.00378. The van der Waals surface area contributed by atoms with Gasteiger partial charge in [0.15, 0.2) is 0 Å². The normalized spacial score (nSPS) is 10.6. The van der Waals surface area contributed by atoms with E-state index < -0.39 is 10.0 Å². The molecule has 0 amide bonds. The van der Waals surface area contributed by atoms with Gasteiger partial charge < -0.3 is 9.47 Å². The second-order valence-electron chi connectivity index (χ2n) is 4.79. The number of nitrogens with zero attached hydrogens (tertiary/aromatic N) is 1. The molecule has 7 heteroatoms. The third-order valence-electron chi connectivity index (χ3n) is 3.10. The van der Waals surface area contributed by atoms with Crippen LogP contribution in [0.25, 0.3) is 0 Å². The van der Waals surface area contributed by atoms with Crippen LogP contribution in [0.4, 0.5) is 0 Å². The van der Waals surface area contributed by atoms with Crippen LogP contribution in [0.2, 0.25) is 0 Å². The van der Waals surface area contributed by atoms with Gasteiger partial charge in [0.2, 0.25) is 10.0 Å². The molecule has 0 saturated carbocycles. The van der Waals surface area contributed by atoms with Crippen LogP contribution >= 0.6 is 0 Å². The zero-order chi connectivity index (χ0) is 17.4. The molecule has 0 aliphatic rings. The third-order valence-corrected chi connectivity index (χ3v) is 4.50. The first-order valence-corrected chi connectivity index (χ1v) is 8.64. The van der Waals surface area contributed by atoms with Crippen LogP contribution in [0.1, 0.15) is 5.56 Å². The first-order valence-electron chi connectivity index (χ1n) is 7.16. The van der Waals surface area contributed by atoms with Crippen molar-refractivity contribution in [2.75, 3.05) is 20.3 Å². The average Bonchev–Trinajstić information content (AvgIpc) is 2.58. The van der Waals surface area contributed by atoms with Crippen LogP contribution in [0.15, 0.2) is 47.6 Å². The van der Waals surface area contributed by atoms with Gasteiger partial charge in [-0.05, 0) is 42.8 Å². The van der Waals surface area contributed by atoms with Gasteiger partial charge in [-0.15, -0.1) is 0 Å². The molecule has 1 N–H and O–H groups in total. The Balaban J connectivity index is 1.87. The van der Waals surface area contributed by atoms with E-state index in [1.807, 2.05) is 0 Å². The number of ether oxygens (including phenoxy) is 2. The lowest BCUT2D eigenvalue weighted by molar-refractivity contribution is 0.368. The molecule has 1 aromatic heterocycles. The number of rotatable bonds is 6. The molecule has 0 fully saturated rings. The van der Waals surface area contributed by atoms with E-state index >= 15 is 0 Å². The summed E-state index contributed by atoms with van der Waals surface area (Å²) in [6.07, 6.45) is 3.23. The molecule has 0 aliphatic carbocycles. The molecule has 24 heavy (non-hydrogen) atoms. The van der Waals surface area contributed by atoms with Crippen LogP contribution in [-0.2, 0) is 10.0 Å². The standard InChI is InChI=1S/C17H18N2O4S/c1-14-12-16(7-8-17(14)22-2)24(20,21)19-10-3-4-11-23-15-6-5-9-18-13-15/h5-9,12-13,19H,10-11H2,1-2H3. The van der Waals surface area contributed by atoms with Gasteiger partial charge in [0, 0.05) is 6.20 Å². The summed E-state index contributed by atoms with van der Waals surface area (Å²) < 4.78 is 37.2. The quantitative estimate of drug-likeness (QED) is 0.807. The van der Waals surface area contributed by atoms with Gasteiger partial charge in [0.05, 0.1) is 24.7 Å². The second kappa shape index (κ2) is 8.34. The molecule has 0 atom stereocenters. The summed E-state index contributed by atoms with van der Waals surface area (Å²) in [4.78, 5) is 4.09. The van der Waals surface area contributed by atoms with Gasteiger partial charge in [0.25, 0.3) is 0 Å². The topological polar surface area (TPSA) is 77.5 Å². The zero-order valence-corrected chi connectivity index (χ0v) is 14.3. The van der Waals surface area contributed by atoms with Gasteiger partial charge in [-0.25, -0.2) is 8.42 Å². The van der Waals surface area contributed by atoms with Gasteiger partial charge >= 0.3 is 0 Å². The van der Waals surface area contributed by atoms with E-state index in [1.54, 1.807) is 43.6 Å². The number of hydrogen-bond acceptors (Lipinski definition) is 5. The van der Waals surface area contributed by atoms with Crippen molar-refractivity contribution < 1.29 is 17.9 Å². The number of aromatic nitrogens is 1. The highest BCUT2D eigenvalue weighted by Crippen LogP contribution is 2.20. The minimum Gasteiger partial charge on any atom is -0.496 e. The van der Waals surface area contributed by atoms with E-state index in [1.165, 1.54) is 13.2 Å². The summed E-state index contributed by atoms with van der Waals surface area (Å²) >= 11 is 0. The average molecular weight is 346 g/mol. The number of nitrogens with one attached hydrogen (secondary N) is 1. The van der Waals surface area contributed by atoms with Crippen LogP contribution in [0.5, 0.6) is 11.5 Å². The van der Waals surface area contributed by atoms with Gasteiger partial charge in [-0.2, -0.15) is 4.72 Å². The Hall–Kier alpha value is -2.56. The molecule has 0 spiro atoms. The first kappa shape index (κ1) is 17.8. The molecule has 1 aromatic carbocycles. The highest BCUT2D eigenvalue weighted by Gasteiger charge is 2.14. The van der Waals surface area contributed by atoms with Crippen LogP contribution in [-0.4, -0.2) is 33.7 Å². The summed E-state index contributed by atoms with van der Waals surface area (Å²) in [7, 11) is -2.07. The van der Waals surface area contributed by atoms with Crippen LogP contribution in [0, 0.1) is 18.8 Å². The van der Waals surface area contributed by atoms with Gasteiger partial charge in [0.1, 0.15) is 18.1 Å². The summed E-state index contributed by atoms with van der Waals surface area (Å²) in [6.45, 7) is 1.95. The Labute approximate surface area is 141 Å². The summed E-state index contributed by atoms with van der Waals surface area (Å²) in [5.74, 6) is 6.70. The SMILES string of the molecule is COc1ccc(S(=O)(=O)NCC#CCOc2cccnc2)cc1C. The summed E-state index contributed by atoms with van der Waals surface area (Å²) in [5, 5.41) is 0. The van der Waals surface area contributed by atoms with Crippen molar-refractivity contribution in [1.82, 2.24) is 9.71 Å². The van der Waals surface area contributed by atoms with Crippen molar-refractivity contribution in [2.24, 2.45) is 0 Å². The van der Waals surface area contributed by atoms with Crippen molar-refractivity contribution in [2.45, 2.75) is 11.8 Å². The molecule has 2 aromatic rings. The fraction of sp³-hybridized carbons (Fsp3) is 0.235. The van der Waals surface area contributed by atoms with E-state index in [4.69, 9.17) is 9.47 Å². The summed E-state index contributed by atoms with van der Waals surface area (Å²) in [6, 6.07) is 8.20. The zero-order valence-electron chi connectivity index (χ0n) is 13.4. The van der Waals surface area contributed by atoms with Crippen molar-refractivity contribution in [3.8, 4) is 23.3 Å². The Bertz CT molecular complexity index is 840. The fourth-order valence-corrected chi connectivity index (χ4v) is 2.91. The van der Waals surface area contributed by atoms with Gasteiger partial charge in [-0.1, -0.05) is 11.8 Å². The fourth-order valence-electron chi connectivity index (χ4n) is 1.90. The highest BCUT2D eigenvalue weighted by atomic mass is 32.2. The van der Waals surface area contributed by atoms with Crippen molar-refractivity contribution >= 4 is 10.0 Å². The largest absolute Gasteiger partial charge is 0.496 e. The molecule has 6 nitrogen and oxygen atoms in total. The Morgan fingerprint density at radius 1 is 1.25 bits per heavy atom. The van der Waals surface area contributed by atoms with Gasteiger partial charge in [-0.3, -0.25) is 4.98 Å². The first-order chi connectivity index (χ1) is 11.5. The van der Waals surface area contributed by atoms with Crippen LogP contribution < -0.4 is 14.2 Å². The Morgan fingerprint density at radius 2 is 2.08 bits per heavy atom. The molecular weight excluding hydrogens is 328 g/mol. The van der Waals surface area contributed by atoms with Crippen molar-refractivity contribution in [1.29, 1.82) is 0 Å². The lowest BCUT2D eigenvalue weighted by atomic mass is 10.2. The van der Waals surface area contributed by atoms with Crippen LogP contribution in [0.3, 0.4) is 0 Å². The molecule has 126 valence electrons. The van der Waals surface area contributed by atoms with Crippen molar-refractivity contribution in [3.63, 3.8) is 0 Å². The molecule has 0 unspecified atom stereocenters. The van der Waals surface area contributed by atoms with E-state index in [2.05, 4.69) is 21.5 Å². The second-order valence-corrected chi connectivity index (χ2v) is 6.55. The lowest BCUT2D eigenvalue weighted by Gasteiger charge is -2.08. The number of pyridine rings is 1. The highest BCUT2D eigenvalue weighted by molar-refractivity contribution is 7.89. The lowest BCUT2D eigenvalue weighted by Crippen LogP contribution is -2.24. The maximum atomic E-state index is 12.2. The van der Waals surface area contributed by atoms with E-state index in [9.17, 15) is 8.42 Å². The maximum absolute atomic E-state index is 12.2. The molecule has 0 bridgehead atoms. The molecule has 0 aliphatic heterocycles. The molecule has 0 radical (unpaired) electrons. The predicted molar refractivity (Wildman–Crippen MR) is 90.4 cm³/mol. The predicted octanol–water partition coefficient (Wildman–Crippen LogP) is 1.76. The Morgan fingerprint density at radius 3 is 2.75 bits per heavy atom. The monoisotopic (exact) mass is 346 g/mol. The number of benzene rings is 1. The van der Waals surface area contributed by atoms with E-state index in [0.717, 1.165) is 5.56 Å². The Kier molecular flexibility index (Phi) is 6.18. The minimum atomic E-state index is -3.61. The molecule has 0 saturated heterocycles. The number of sulfonamides is 1. The summed E-state index contributed by atoms with van der Waals surface area (Å²) in [5.41, 5.74) is 0.747. The van der Waals surface area contributed by atoms with Crippen molar-refractivity contribution in [3.05, 3.63) is 48.3 Å². The van der Waals surface area contributed by atoms with E-state index in [-0.39, 0.29) is 18.0 Å². The molecule has 1 heterocycles.